The van der Waals surface area contributed by atoms with E-state index in [4.69, 9.17) is 0 Å². The third-order valence-corrected chi connectivity index (χ3v) is 3.88. The Bertz CT molecular complexity index is 379. The number of hydrogen-bond acceptors (Lipinski definition) is 3. The van der Waals surface area contributed by atoms with Gasteiger partial charge in [0.05, 0.1) is 5.69 Å². The van der Waals surface area contributed by atoms with Crippen molar-refractivity contribution in [3.8, 4) is 0 Å². The fourth-order valence-corrected chi connectivity index (χ4v) is 2.48. The predicted molar refractivity (Wildman–Crippen MR) is 73.2 cm³/mol. The zero-order valence-electron chi connectivity index (χ0n) is 11.2. The SMILES string of the molecule is CNCc1ccc(CN(CC2CC2)C2CC2)nc1. The molecule has 2 saturated carbocycles. The Kier molecular flexibility index (Phi) is 3.62. The highest BCUT2D eigenvalue weighted by Crippen LogP contribution is 2.35. The van der Waals surface area contributed by atoms with E-state index < -0.39 is 0 Å². The summed E-state index contributed by atoms with van der Waals surface area (Å²) in [5.41, 5.74) is 2.49. The second kappa shape index (κ2) is 5.37. The van der Waals surface area contributed by atoms with Crippen LogP contribution in [0.1, 0.15) is 36.9 Å². The van der Waals surface area contributed by atoms with E-state index in [1.165, 1.54) is 43.5 Å². The molecule has 98 valence electrons. The molecular formula is C15H23N3. The van der Waals surface area contributed by atoms with Gasteiger partial charge >= 0.3 is 0 Å². The van der Waals surface area contributed by atoms with E-state index in [0.29, 0.717) is 0 Å². The fraction of sp³-hybridized carbons (Fsp3) is 0.667. The van der Waals surface area contributed by atoms with Crippen molar-refractivity contribution >= 4 is 0 Å². The van der Waals surface area contributed by atoms with Crippen molar-refractivity contribution in [3.05, 3.63) is 29.6 Å². The first-order chi connectivity index (χ1) is 8.85. The van der Waals surface area contributed by atoms with Crippen LogP contribution < -0.4 is 5.32 Å². The van der Waals surface area contributed by atoms with Crippen LogP contribution in [0.4, 0.5) is 0 Å². The third-order valence-electron chi connectivity index (χ3n) is 3.88. The molecule has 0 radical (unpaired) electrons. The minimum atomic E-state index is 0.851. The molecule has 3 nitrogen and oxygen atoms in total. The Hall–Kier alpha value is -0.930. The summed E-state index contributed by atoms with van der Waals surface area (Å²) >= 11 is 0. The molecule has 0 aromatic carbocycles. The number of pyridine rings is 1. The smallest absolute Gasteiger partial charge is 0.0544 e. The fourth-order valence-electron chi connectivity index (χ4n) is 2.48. The lowest BCUT2D eigenvalue weighted by Gasteiger charge is -2.21. The van der Waals surface area contributed by atoms with Crippen LogP contribution in [0.15, 0.2) is 18.3 Å². The molecule has 0 unspecified atom stereocenters. The normalized spacial score (nSPS) is 19.4. The molecule has 0 spiro atoms. The van der Waals surface area contributed by atoms with Gasteiger partial charge in [0.15, 0.2) is 0 Å². The summed E-state index contributed by atoms with van der Waals surface area (Å²) in [7, 11) is 1.97. The minimum Gasteiger partial charge on any atom is -0.316 e. The van der Waals surface area contributed by atoms with Gasteiger partial charge in [-0.05, 0) is 50.3 Å². The first-order valence-electron chi connectivity index (χ1n) is 7.17. The maximum Gasteiger partial charge on any atom is 0.0544 e. The number of nitrogens with one attached hydrogen (secondary N) is 1. The van der Waals surface area contributed by atoms with E-state index in [2.05, 4.69) is 27.3 Å². The van der Waals surface area contributed by atoms with Gasteiger partial charge in [-0.2, -0.15) is 0 Å². The Morgan fingerprint density at radius 1 is 1.28 bits per heavy atom. The van der Waals surface area contributed by atoms with Crippen LogP contribution in [0.25, 0.3) is 0 Å². The molecule has 1 heterocycles. The molecule has 3 heteroatoms. The van der Waals surface area contributed by atoms with Crippen LogP contribution in [0, 0.1) is 5.92 Å². The average Bonchev–Trinajstić information content (AvgIpc) is 3.25. The van der Waals surface area contributed by atoms with Gasteiger partial charge in [0.2, 0.25) is 0 Å². The lowest BCUT2D eigenvalue weighted by atomic mass is 10.2. The molecular weight excluding hydrogens is 222 g/mol. The lowest BCUT2D eigenvalue weighted by molar-refractivity contribution is 0.241. The van der Waals surface area contributed by atoms with Gasteiger partial charge in [-0.25, -0.2) is 0 Å². The monoisotopic (exact) mass is 245 g/mol. The highest BCUT2D eigenvalue weighted by molar-refractivity contribution is 5.14. The summed E-state index contributed by atoms with van der Waals surface area (Å²) in [5.74, 6) is 0.981. The van der Waals surface area contributed by atoms with Gasteiger partial charge < -0.3 is 5.32 Å². The molecule has 3 rings (SSSR count). The molecule has 2 aliphatic rings. The molecule has 2 aliphatic carbocycles. The van der Waals surface area contributed by atoms with E-state index in [0.717, 1.165) is 25.0 Å². The van der Waals surface area contributed by atoms with Crippen LogP contribution in [0.3, 0.4) is 0 Å². The van der Waals surface area contributed by atoms with Crippen molar-refractivity contribution in [2.75, 3.05) is 13.6 Å². The van der Waals surface area contributed by atoms with Gasteiger partial charge in [-0.1, -0.05) is 6.07 Å². The quantitative estimate of drug-likeness (QED) is 0.798. The largest absolute Gasteiger partial charge is 0.316 e. The standard InChI is InChI=1S/C15H23N3/c1-16-8-13-4-5-14(17-9-13)11-18(15-6-7-15)10-12-2-3-12/h4-5,9,12,15-16H,2-3,6-8,10-11H2,1H3. The molecule has 1 N–H and O–H groups in total. The van der Waals surface area contributed by atoms with Gasteiger partial charge in [0.1, 0.15) is 0 Å². The molecule has 0 amide bonds. The molecule has 1 aromatic heterocycles. The van der Waals surface area contributed by atoms with Crippen molar-refractivity contribution in [3.63, 3.8) is 0 Å². The Balaban J connectivity index is 1.58. The third kappa shape index (κ3) is 3.30. The van der Waals surface area contributed by atoms with E-state index in [-0.39, 0.29) is 0 Å². The zero-order chi connectivity index (χ0) is 12.4. The number of hydrogen-bond donors (Lipinski definition) is 1. The lowest BCUT2D eigenvalue weighted by Crippen LogP contribution is -2.28. The van der Waals surface area contributed by atoms with Crippen molar-refractivity contribution in [2.24, 2.45) is 5.92 Å². The van der Waals surface area contributed by atoms with Crippen LogP contribution in [0.5, 0.6) is 0 Å². The predicted octanol–water partition coefficient (Wildman–Crippen LogP) is 2.18. The molecule has 0 aliphatic heterocycles. The molecule has 2 fully saturated rings. The summed E-state index contributed by atoms with van der Waals surface area (Å²) in [5, 5.41) is 3.16. The first-order valence-corrected chi connectivity index (χ1v) is 7.17. The highest BCUT2D eigenvalue weighted by atomic mass is 15.2. The summed E-state index contributed by atoms with van der Waals surface area (Å²) in [6, 6.07) is 5.24. The Labute approximate surface area is 110 Å². The molecule has 0 bridgehead atoms. The number of rotatable bonds is 7. The number of aromatic nitrogens is 1. The first kappa shape index (κ1) is 12.1. The van der Waals surface area contributed by atoms with Crippen LogP contribution in [-0.2, 0) is 13.1 Å². The van der Waals surface area contributed by atoms with Gasteiger partial charge in [-0.15, -0.1) is 0 Å². The van der Waals surface area contributed by atoms with Crippen molar-refractivity contribution in [2.45, 2.75) is 44.8 Å². The minimum absolute atomic E-state index is 0.851. The summed E-state index contributed by atoms with van der Waals surface area (Å²) in [4.78, 5) is 7.24. The highest BCUT2D eigenvalue weighted by Gasteiger charge is 2.33. The topological polar surface area (TPSA) is 28.2 Å². The van der Waals surface area contributed by atoms with Crippen LogP contribution >= 0.6 is 0 Å². The Morgan fingerprint density at radius 2 is 2.11 bits per heavy atom. The second-order valence-corrected chi connectivity index (χ2v) is 5.79. The van der Waals surface area contributed by atoms with Crippen molar-refractivity contribution in [1.29, 1.82) is 0 Å². The summed E-state index contributed by atoms with van der Waals surface area (Å²) < 4.78 is 0. The number of nitrogens with zero attached hydrogens (tertiary/aromatic N) is 2. The van der Waals surface area contributed by atoms with E-state index >= 15 is 0 Å². The van der Waals surface area contributed by atoms with Crippen LogP contribution in [-0.4, -0.2) is 29.5 Å². The van der Waals surface area contributed by atoms with E-state index in [1.807, 2.05) is 13.2 Å². The maximum absolute atomic E-state index is 4.59. The summed E-state index contributed by atoms with van der Waals surface area (Å²) in [6.07, 6.45) is 7.68. The zero-order valence-corrected chi connectivity index (χ0v) is 11.2. The van der Waals surface area contributed by atoms with E-state index in [9.17, 15) is 0 Å². The van der Waals surface area contributed by atoms with Crippen LogP contribution in [0.2, 0.25) is 0 Å². The molecule has 1 aromatic rings. The average molecular weight is 245 g/mol. The Morgan fingerprint density at radius 3 is 2.67 bits per heavy atom. The molecule has 0 saturated heterocycles. The van der Waals surface area contributed by atoms with E-state index in [1.54, 1.807) is 0 Å². The van der Waals surface area contributed by atoms with Crippen molar-refractivity contribution < 1.29 is 0 Å². The van der Waals surface area contributed by atoms with Gasteiger partial charge in [0.25, 0.3) is 0 Å². The van der Waals surface area contributed by atoms with Gasteiger partial charge in [0, 0.05) is 31.9 Å². The maximum atomic E-state index is 4.59. The van der Waals surface area contributed by atoms with Gasteiger partial charge in [-0.3, -0.25) is 9.88 Å². The molecule has 0 atom stereocenters. The molecule has 18 heavy (non-hydrogen) atoms. The summed E-state index contributed by atoms with van der Waals surface area (Å²) in [6.45, 7) is 3.24. The second-order valence-electron chi connectivity index (χ2n) is 5.79. The van der Waals surface area contributed by atoms with Crippen molar-refractivity contribution in [1.82, 2.24) is 15.2 Å².